The molecule has 0 radical (unpaired) electrons. The van der Waals surface area contributed by atoms with Crippen molar-refractivity contribution in [2.45, 2.75) is 64.3 Å². The van der Waals surface area contributed by atoms with E-state index in [0.29, 0.717) is 11.9 Å². The number of carbonyl (C=O) groups excluding carboxylic acids is 2. The highest BCUT2D eigenvalue weighted by molar-refractivity contribution is 5.94. The molecule has 1 unspecified atom stereocenters. The van der Waals surface area contributed by atoms with Gasteiger partial charge in [0.1, 0.15) is 0 Å². The first-order valence-electron chi connectivity index (χ1n) is 11.9. The maximum atomic E-state index is 13.0. The van der Waals surface area contributed by atoms with Crippen LogP contribution in [0.4, 0.5) is 0 Å². The number of aromatic nitrogens is 1. The summed E-state index contributed by atoms with van der Waals surface area (Å²) in [5.74, 6) is 0.685. The summed E-state index contributed by atoms with van der Waals surface area (Å²) in [6.07, 6.45) is 10.2. The van der Waals surface area contributed by atoms with Crippen molar-refractivity contribution in [3.8, 4) is 0 Å². The summed E-state index contributed by atoms with van der Waals surface area (Å²) in [6, 6.07) is 4.29. The number of pyridine rings is 1. The fraction of sp³-hybridized carbons (Fsp3) is 0.708. The Kier molecular flexibility index (Phi) is 7.03. The maximum absolute atomic E-state index is 13.0. The first-order valence-corrected chi connectivity index (χ1v) is 11.9. The molecule has 0 saturated carbocycles. The van der Waals surface area contributed by atoms with Crippen molar-refractivity contribution in [1.82, 2.24) is 19.7 Å². The average molecular weight is 413 g/mol. The van der Waals surface area contributed by atoms with Gasteiger partial charge in [0.2, 0.25) is 5.91 Å². The standard InChI is InChI=1S/C24H36N4O2/c1-2-6-21-17-19(8-11-25-21)23(29)27-15-9-22(10-16-27)28-14-5-7-20(18-28)24(30)26-12-3-4-13-26/h8,11,17,20,22H,2-7,9-10,12-16,18H2,1H3. The monoisotopic (exact) mass is 412 g/mol. The summed E-state index contributed by atoms with van der Waals surface area (Å²) >= 11 is 0. The number of piperidine rings is 2. The van der Waals surface area contributed by atoms with Crippen LogP contribution in [0, 0.1) is 5.92 Å². The lowest BCUT2D eigenvalue weighted by Crippen LogP contribution is -2.51. The quantitative estimate of drug-likeness (QED) is 0.746. The molecule has 164 valence electrons. The Morgan fingerprint density at radius 2 is 1.77 bits per heavy atom. The number of rotatable bonds is 5. The van der Waals surface area contributed by atoms with Crippen LogP contribution in [-0.4, -0.2) is 76.8 Å². The van der Waals surface area contributed by atoms with Gasteiger partial charge in [0.05, 0.1) is 5.92 Å². The van der Waals surface area contributed by atoms with Crippen molar-refractivity contribution < 1.29 is 9.59 Å². The number of aryl methyl sites for hydroxylation is 1. The molecule has 4 heterocycles. The molecule has 3 aliphatic heterocycles. The van der Waals surface area contributed by atoms with E-state index >= 15 is 0 Å². The molecule has 30 heavy (non-hydrogen) atoms. The third-order valence-electron chi connectivity index (χ3n) is 7.06. The number of carbonyl (C=O) groups is 2. The largest absolute Gasteiger partial charge is 0.342 e. The average Bonchev–Trinajstić information content (AvgIpc) is 3.34. The van der Waals surface area contributed by atoms with Crippen molar-refractivity contribution >= 4 is 11.8 Å². The molecule has 3 aliphatic rings. The molecule has 0 spiro atoms. The van der Waals surface area contributed by atoms with E-state index in [0.717, 1.165) is 102 Å². The van der Waals surface area contributed by atoms with Gasteiger partial charge in [0, 0.05) is 56.2 Å². The van der Waals surface area contributed by atoms with E-state index in [1.54, 1.807) is 6.20 Å². The Hall–Kier alpha value is -1.95. The van der Waals surface area contributed by atoms with Crippen LogP contribution < -0.4 is 0 Å². The molecule has 1 atom stereocenters. The Morgan fingerprint density at radius 1 is 1.00 bits per heavy atom. The molecule has 6 heteroatoms. The molecule has 3 fully saturated rings. The minimum absolute atomic E-state index is 0.133. The maximum Gasteiger partial charge on any atom is 0.253 e. The highest BCUT2D eigenvalue weighted by Gasteiger charge is 2.34. The van der Waals surface area contributed by atoms with E-state index < -0.39 is 0 Å². The summed E-state index contributed by atoms with van der Waals surface area (Å²) in [5, 5.41) is 0. The van der Waals surface area contributed by atoms with Crippen LogP contribution in [-0.2, 0) is 11.2 Å². The predicted molar refractivity (Wildman–Crippen MR) is 117 cm³/mol. The van der Waals surface area contributed by atoms with E-state index in [4.69, 9.17) is 0 Å². The fourth-order valence-electron chi connectivity index (χ4n) is 5.36. The molecule has 0 bridgehead atoms. The van der Waals surface area contributed by atoms with Crippen molar-refractivity contribution in [2.24, 2.45) is 5.92 Å². The predicted octanol–water partition coefficient (Wildman–Crippen LogP) is 2.97. The smallest absolute Gasteiger partial charge is 0.253 e. The summed E-state index contributed by atoms with van der Waals surface area (Å²) in [6.45, 7) is 7.62. The number of likely N-dealkylation sites (tertiary alicyclic amines) is 3. The van der Waals surface area contributed by atoms with Crippen LogP contribution in [0.5, 0.6) is 0 Å². The Bertz CT molecular complexity index is 738. The van der Waals surface area contributed by atoms with Crippen LogP contribution >= 0.6 is 0 Å². The molecule has 0 aliphatic carbocycles. The summed E-state index contributed by atoms with van der Waals surface area (Å²) in [4.78, 5) is 36.8. The summed E-state index contributed by atoms with van der Waals surface area (Å²) < 4.78 is 0. The molecule has 3 saturated heterocycles. The van der Waals surface area contributed by atoms with Crippen molar-refractivity contribution in [3.63, 3.8) is 0 Å². The van der Waals surface area contributed by atoms with Gasteiger partial charge in [-0.2, -0.15) is 0 Å². The molecule has 6 nitrogen and oxygen atoms in total. The Morgan fingerprint density at radius 3 is 2.50 bits per heavy atom. The number of hydrogen-bond acceptors (Lipinski definition) is 4. The van der Waals surface area contributed by atoms with Crippen LogP contribution in [0.15, 0.2) is 18.3 Å². The third kappa shape index (κ3) is 4.85. The van der Waals surface area contributed by atoms with Gasteiger partial charge in [-0.25, -0.2) is 0 Å². The molecule has 0 N–H and O–H groups in total. The van der Waals surface area contributed by atoms with E-state index in [9.17, 15) is 9.59 Å². The summed E-state index contributed by atoms with van der Waals surface area (Å²) in [5.41, 5.74) is 1.77. The third-order valence-corrected chi connectivity index (χ3v) is 7.06. The van der Waals surface area contributed by atoms with Crippen LogP contribution in [0.1, 0.15) is 67.9 Å². The molecular weight excluding hydrogens is 376 g/mol. The van der Waals surface area contributed by atoms with Gasteiger partial charge in [-0.15, -0.1) is 0 Å². The van der Waals surface area contributed by atoms with Crippen molar-refractivity contribution in [1.29, 1.82) is 0 Å². The van der Waals surface area contributed by atoms with Gasteiger partial charge < -0.3 is 9.80 Å². The Labute approximate surface area is 180 Å². The van der Waals surface area contributed by atoms with Crippen molar-refractivity contribution in [2.75, 3.05) is 39.3 Å². The molecule has 4 rings (SSSR count). The minimum Gasteiger partial charge on any atom is -0.342 e. The fourth-order valence-corrected chi connectivity index (χ4v) is 5.36. The Balaban J connectivity index is 1.30. The normalized spacial score (nSPS) is 23.7. The van der Waals surface area contributed by atoms with E-state index in [2.05, 4.69) is 21.7 Å². The lowest BCUT2D eigenvalue weighted by molar-refractivity contribution is -0.136. The van der Waals surface area contributed by atoms with E-state index in [1.807, 2.05) is 17.0 Å². The topological polar surface area (TPSA) is 56.8 Å². The van der Waals surface area contributed by atoms with Gasteiger partial charge in [0.25, 0.3) is 5.91 Å². The second kappa shape index (κ2) is 9.90. The van der Waals surface area contributed by atoms with E-state index in [1.165, 1.54) is 0 Å². The lowest BCUT2D eigenvalue weighted by atomic mass is 9.92. The second-order valence-electron chi connectivity index (χ2n) is 9.18. The van der Waals surface area contributed by atoms with Crippen LogP contribution in [0.2, 0.25) is 0 Å². The summed E-state index contributed by atoms with van der Waals surface area (Å²) in [7, 11) is 0. The van der Waals surface area contributed by atoms with Gasteiger partial charge in [-0.3, -0.25) is 19.5 Å². The zero-order valence-corrected chi connectivity index (χ0v) is 18.4. The number of amides is 2. The highest BCUT2D eigenvalue weighted by Crippen LogP contribution is 2.26. The first kappa shape index (κ1) is 21.3. The second-order valence-corrected chi connectivity index (χ2v) is 9.18. The minimum atomic E-state index is 0.133. The zero-order chi connectivity index (χ0) is 20.9. The SMILES string of the molecule is CCCc1cc(C(=O)N2CCC(N3CCCC(C(=O)N4CCCC4)C3)CC2)ccn1. The van der Waals surface area contributed by atoms with Gasteiger partial charge in [-0.1, -0.05) is 13.3 Å². The van der Waals surface area contributed by atoms with Crippen LogP contribution in [0.25, 0.3) is 0 Å². The number of nitrogens with zero attached hydrogens (tertiary/aromatic N) is 4. The lowest BCUT2D eigenvalue weighted by Gasteiger charge is -2.42. The van der Waals surface area contributed by atoms with Gasteiger partial charge in [-0.05, 0) is 63.6 Å². The molecule has 0 aromatic carbocycles. The van der Waals surface area contributed by atoms with E-state index in [-0.39, 0.29) is 11.8 Å². The van der Waals surface area contributed by atoms with Crippen LogP contribution in [0.3, 0.4) is 0 Å². The molecule has 2 amide bonds. The molecular formula is C24H36N4O2. The van der Waals surface area contributed by atoms with Gasteiger partial charge in [0.15, 0.2) is 0 Å². The first-order chi connectivity index (χ1) is 14.7. The van der Waals surface area contributed by atoms with Crippen molar-refractivity contribution in [3.05, 3.63) is 29.6 Å². The molecule has 1 aromatic rings. The molecule has 1 aromatic heterocycles. The zero-order valence-electron chi connectivity index (χ0n) is 18.4. The van der Waals surface area contributed by atoms with Gasteiger partial charge >= 0.3 is 0 Å². The number of hydrogen-bond donors (Lipinski definition) is 0. The highest BCUT2D eigenvalue weighted by atomic mass is 16.2.